The van der Waals surface area contributed by atoms with Crippen LogP contribution in [0.4, 0.5) is 0 Å². The van der Waals surface area contributed by atoms with Gasteiger partial charge >= 0.3 is 0 Å². The normalized spacial score (nSPS) is 26.6. The standard InChI is InChI=1S/C18H27N3/c1-12(2)13-8-9-16(19)14(10-13)11-17-15-6-4-5-7-18(15)21(3)20-17/h4-7,12-14,16H,8-11,19H2,1-3H3. The van der Waals surface area contributed by atoms with Crippen molar-refractivity contribution in [1.82, 2.24) is 9.78 Å². The number of para-hydroxylation sites is 1. The van der Waals surface area contributed by atoms with E-state index < -0.39 is 0 Å². The van der Waals surface area contributed by atoms with Crippen LogP contribution in [0.15, 0.2) is 24.3 Å². The van der Waals surface area contributed by atoms with Gasteiger partial charge in [0.1, 0.15) is 0 Å². The monoisotopic (exact) mass is 285 g/mol. The third-order valence-corrected chi connectivity index (χ3v) is 5.31. The van der Waals surface area contributed by atoms with E-state index >= 15 is 0 Å². The van der Waals surface area contributed by atoms with E-state index in [1.54, 1.807) is 0 Å². The van der Waals surface area contributed by atoms with Gasteiger partial charge in [0.05, 0.1) is 11.2 Å². The first-order chi connectivity index (χ1) is 10.1. The molecule has 1 aliphatic carbocycles. The van der Waals surface area contributed by atoms with Crippen molar-refractivity contribution in [3.05, 3.63) is 30.0 Å². The second kappa shape index (κ2) is 5.80. The topological polar surface area (TPSA) is 43.8 Å². The van der Waals surface area contributed by atoms with Crippen molar-refractivity contribution in [3.63, 3.8) is 0 Å². The highest BCUT2D eigenvalue weighted by atomic mass is 15.3. The number of benzene rings is 1. The van der Waals surface area contributed by atoms with Gasteiger partial charge in [0, 0.05) is 18.5 Å². The minimum absolute atomic E-state index is 0.334. The zero-order valence-electron chi connectivity index (χ0n) is 13.4. The van der Waals surface area contributed by atoms with Crippen molar-refractivity contribution in [1.29, 1.82) is 0 Å². The fourth-order valence-electron chi connectivity index (χ4n) is 3.85. The van der Waals surface area contributed by atoms with E-state index in [4.69, 9.17) is 10.8 Å². The SMILES string of the molecule is CC(C)C1CCC(N)C(Cc2nn(C)c3ccccc23)C1. The zero-order chi connectivity index (χ0) is 15.0. The van der Waals surface area contributed by atoms with Crippen LogP contribution in [0.3, 0.4) is 0 Å². The molecule has 0 radical (unpaired) electrons. The summed E-state index contributed by atoms with van der Waals surface area (Å²) in [7, 11) is 2.03. The van der Waals surface area contributed by atoms with Crippen molar-refractivity contribution >= 4 is 10.9 Å². The van der Waals surface area contributed by atoms with Crippen LogP contribution < -0.4 is 5.73 Å². The Labute approximate surface area is 127 Å². The maximum atomic E-state index is 6.41. The van der Waals surface area contributed by atoms with Gasteiger partial charge in [-0.15, -0.1) is 0 Å². The smallest absolute Gasteiger partial charge is 0.0706 e. The molecule has 3 nitrogen and oxygen atoms in total. The van der Waals surface area contributed by atoms with Gasteiger partial charge in [-0.05, 0) is 49.5 Å². The predicted octanol–water partition coefficient (Wildman–Crippen LogP) is 3.52. The number of aromatic nitrogens is 2. The second-order valence-corrected chi connectivity index (χ2v) is 7.03. The summed E-state index contributed by atoms with van der Waals surface area (Å²) in [5.41, 5.74) is 8.85. The van der Waals surface area contributed by atoms with Crippen LogP contribution in [-0.4, -0.2) is 15.8 Å². The summed E-state index contributed by atoms with van der Waals surface area (Å²) in [6, 6.07) is 8.84. The van der Waals surface area contributed by atoms with E-state index in [9.17, 15) is 0 Å². The van der Waals surface area contributed by atoms with Gasteiger partial charge in [0.2, 0.25) is 0 Å². The van der Waals surface area contributed by atoms with Crippen LogP contribution in [0.25, 0.3) is 10.9 Å². The summed E-state index contributed by atoms with van der Waals surface area (Å²) in [5, 5.41) is 6.04. The van der Waals surface area contributed by atoms with Gasteiger partial charge in [0.25, 0.3) is 0 Å². The fourth-order valence-corrected chi connectivity index (χ4v) is 3.85. The van der Waals surface area contributed by atoms with Crippen LogP contribution in [0, 0.1) is 17.8 Å². The molecule has 0 amide bonds. The van der Waals surface area contributed by atoms with Gasteiger partial charge in [0.15, 0.2) is 0 Å². The summed E-state index contributed by atoms with van der Waals surface area (Å²) in [6.45, 7) is 4.68. The Morgan fingerprint density at radius 2 is 2.05 bits per heavy atom. The lowest BCUT2D eigenvalue weighted by Gasteiger charge is -2.35. The number of nitrogens with zero attached hydrogens (tertiary/aromatic N) is 2. The number of hydrogen-bond acceptors (Lipinski definition) is 2. The highest BCUT2D eigenvalue weighted by Gasteiger charge is 2.30. The zero-order valence-corrected chi connectivity index (χ0v) is 13.4. The maximum absolute atomic E-state index is 6.41. The van der Waals surface area contributed by atoms with Crippen molar-refractivity contribution in [3.8, 4) is 0 Å². The highest BCUT2D eigenvalue weighted by molar-refractivity contribution is 5.81. The van der Waals surface area contributed by atoms with Crippen LogP contribution >= 0.6 is 0 Å². The maximum Gasteiger partial charge on any atom is 0.0706 e. The van der Waals surface area contributed by atoms with Crippen LogP contribution in [0.2, 0.25) is 0 Å². The number of aryl methyl sites for hydroxylation is 1. The molecule has 0 bridgehead atoms. The molecular weight excluding hydrogens is 258 g/mol. The Balaban J connectivity index is 1.83. The molecule has 3 heteroatoms. The molecule has 2 aromatic rings. The summed E-state index contributed by atoms with van der Waals surface area (Å²) >= 11 is 0. The average molecular weight is 285 g/mol. The fraction of sp³-hybridized carbons (Fsp3) is 0.611. The molecule has 1 fully saturated rings. The van der Waals surface area contributed by atoms with Gasteiger partial charge in [-0.1, -0.05) is 32.0 Å². The Morgan fingerprint density at radius 3 is 2.81 bits per heavy atom. The minimum atomic E-state index is 0.334. The van der Waals surface area contributed by atoms with Crippen LogP contribution in [0.1, 0.15) is 38.8 Å². The molecule has 2 N–H and O–H groups in total. The van der Waals surface area contributed by atoms with E-state index in [1.807, 2.05) is 11.7 Å². The second-order valence-electron chi connectivity index (χ2n) is 7.03. The summed E-state index contributed by atoms with van der Waals surface area (Å²) < 4.78 is 2.00. The van der Waals surface area contributed by atoms with Crippen molar-refractivity contribution < 1.29 is 0 Å². The molecular formula is C18H27N3. The lowest BCUT2D eigenvalue weighted by Crippen LogP contribution is -2.38. The lowest BCUT2D eigenvalue weighted by atomic mass is 9.72. The molecule has 21 heavy (non-hydrogen) atoms. The van der Waals surface area contributed by atoms with Crippen molar-refractivity contribution in [2.75, 3.05) is 0 Å². The number of nitrogens with two attached hydrogens (primary N) is 1. The van der Waals surface area contributed by atoms with Crippen LogP contribution in [0.5, 0.6) is 0 Å². The predicted molar refractivity (Wildman–Crippen MR) is 88.1 cm³/mol. The third-order valence-electron chi connectivity index (χ3n) is 5.31. The van der Waals surface area contributed by atoms with Gasteiger partial charge in [-0.3, -0.25) is 4.68 Å². The van der Waals surface area contributed by atoms with Crippen molar-refractivity contribution in [2.45, 2.75) is 45.6 Å². The van der Waals surface area contributed by atoms with Gasteiger partial charge < -0.3 is 5.73 Å². The van der Waals surface area contributed by atoms with Gasteiger partial charge in [-0.2, -0.15) is 5.10 Å². The Kier molecular flexibility index (Phi) is 4.03. The summed E-state index contributed by atoms with van der Waals surface area (Å²) in [5.74, 6) is 2.16. The quantitative estimate of drug-likeness (QED) is 0.937. The Bertz CT molecular complexity index is 614. The van der Waals surface area contributed by atoms with E-state index in [0.717, 1.165) is 24.7 Å². The van der Waals surface area contributed by atoms with E-state index in [-0.39, 0.29) is 0 Å². The first-order valence-electron chi connectivity index (χ1n) is 8.22. The molecule has 3 rings (SSSR count). The summed E-state index contributed by atoms with van der Waals surface area (Å²) in [4.78, 5) is 0. The molecule has 3 unspecified atom stereocenters. The van der Waals surface area contributed by atoms with Crippen LogP contribution in [-0.2, 0) is 13.5 Å². The third kappa shape index (κ3) is 2.84. The molecule has 114 valence electrons. The Morgan fingerprint density at radius 1 is 1.29 bits per heavy atom. The molecule has 3 atom stereocenters. The molecule has 1 aliphatic rings. The first kappa shape index (κ1) is 14.6. The lowest BCUT2D eigenvalue weighted by molar-refractivity contribution is 0.189. The highest BCUT2D eigenvalue weighted by Crippen LogP contribution is 2.35. The largest absolute Gasteiger partial charge is 0.327 e. The number of fused-ring (bicyclic) bond motifs is 1. The molecule has 1 heterocycles. The molecule has 0 saturated heterocycles. The molecule has 1 saturated carbocycles. The summed E-state index contributed by atoms with van der Waals surface area (Å²) in [6.07, 6.45) is 4.73. The minimum Gasteiger partial charge on any atom is -0.327 e. The van der Waals surface area contributed by atoms with E-state index in [1.165, 1.54) is 29.4 Å². The molecule has 1 aromatic heterocycles. The molecule has 1 aromatic carbocycles. The van der Waals surface area contributed by atoms with Gasteiger partial charge in [-0.25, -0.2) is 0 Å². The van der Waals surface area contributed by atoms with E-state index in [0.29, 0.717) is 12.0 Å². The van der Waals surface area contributed by atoms with E-state index in [2.05, 4.69) is 38.1 Å². The van der Waals surface area contributed by atoms with Crippen molar-refractivity contribution in [2.24, 2.45) is 30.5 Å². The number of rotatable bonds is 3. The first-order valence-corrected chi connectivity index (χ1v) is 8.22. The molecule has 0 aliphatic heterocycles. The average Bonchev–Trinajstić information content (AvgIpc) is 2.78. The molecule has 0 spiro atoms. The number of hydrogen-bond donors (Lipinski definition) is 1. The Hall–Kier alpha value is -1.35.